The third-order valence-corrected chi connectivity index (χ3v) is 2.97. The zero-order valence-corrected chi connectivity index (χ0v) is 9.44. The summed E-state index contributed by atoms with van der Waals surface area (Å²) in [4.78, 5) is 3.44. The van der Waals surface area contributed by atoms with Crippen LogP contribution in [0.25, 0.3) is 16.7 Å². The number of imidazole rings is 1. The van der Waals surface area contributed by atoms with Crippen LogP contribution in [-0.4, -0.2) is 9.55 Å². The molecule has 0 radical (unpaired) electrons. The molecule has 0 aliphatic rings. The maximum absolute atomic E-state index is 3.44. The fourth-order valence-electron chi connectivity index (χ4n) is 2.11. The van der Waals surface area contributed by atoms with Crippen molar-refractivity contribution in [3.05, 3.63) is 48.5 Å². The Kier molecular flexibility index (Phi) is 1.86. The smallest absolute Gasteiger partial charge is 0.234 e. The zero-order chi connectivity index (χ0) is 11.1. The Morgan fingerprint density at radius 2 is 2.06 bits per heavy atom. The Balaban J connectivity index is 2.28. The van der Waals surface area contributed by atoms with Crippen molar-refractivity contribution in [3.8, 4) is 5.82 Å². The molecule has 3 heteroatoms. The van der Waals surface area contributed by atoms with Gasteiger partial charge in [-0.25, -0.2) is 4.57 Å². The second-order valence-electron chi connectivity index (χ2n) is 4.13. The van der Waals surface area contributed by atoms with Crippen LogP contribution in [0, 0.1) is 6.92 Å². The van der Waals surface area contributed by atoms with Crippen LogP contribution in [0.2, 0.25) is 0 Å². The van der Waals surface area contributed by atoms with E-state index in [1.165, 1.54) is 16.5 Å². The summed E-state index contributed by atoms with van der Waals surface area (Å²) in [6, 6.07) is 8.38. The Morgan fingerprint density at radius 3 is 2.75 bits per heavy atom. The van der Waals surface area contributed by atoms with E-state index in [0.29, 0.717) is 0 Å². The van der Waals surface area contributed by atoms with Crippen LogP contribution in [0.5, 0.6) is 0 Å². The fraction of sp³-hybridized carbons (Fsp3) is 0.154. The molecule has 0 aliphatic heterocycles. The predicted molar refractivity (Wildman–Crippen MR) is 63.5 cm³/mol. The maximum Gasteiger partial charge on any atom is 0.234 e. The summed E-state index contributed by atoms with van der Waals surface area (Å²) in [6.07, 6.45) is 6.14. The van der Waals surface area contributed by atoms with Crippen LogP contribution in [0.1, 0.15) is 5.56 Å². The fourth-order valence-corrected chi connectivity index (χ4v) is 2.11. The minimum Gasteiger partial charge on any atom is -0.272 e. The number of aromatic nitrogens is 3. The summed E-state index contributed by atoms with van der Waals surface area (Å²) in [5.74, 6) is 1.14. The molecule has 2 heterocycles. The molecule has 0 spiro atoms. The van der Waals surface area contributed by atoms with Gasteiger partial charge in [0, 0.05) is 10.9 Å². The van der Waals surface area contributed by atoms with Gasteiger partial charge in [0.2, 0.25) is 5.82 Å². The van der Waals surface area contributed by atoms with Crippen molar-refractivity contribution in [2.24, 2.45) is 7.05 Å². The number of nitrogens with zero attached hydrogens (tertiary/aromatic N) is 2. The van der Waals surface area contributed by atoms with Gasteiger partial charge in [0.1, 0.15) is 11.7 Å². The molecule has 16 heavy (non-hydrogen) atoms. The predicted octanol–water partition coefficient (Wildman–Crippen LogP) is 2.09. The molecule has 3 rings (SSSR count). The maximum atomic E-state index is 3.44. The lowest BCUT2D eigenvalue weighted by Gasteiger charge is -1.92. The minimum atomic E-state index is 1.14. The van der Waals surface area contributed by atoms with E-state index in [1.54, 1.807) is 0 Å². The van der Waals surface area contributed by atoms with E-state index in [2.05, 4.69) is 53.3 Å². The van der Waals surface area contributed by atoms with Crippen LogP contribution >= 0.6 is 0 Å². The highest BCUT2D eigenvalue weighted by Gasteiger charge is 2.13. The van der Waals surface area contributed by atoms with Crippen molar-refractivity contribution in [3.63, 3.8) is 0 Å². The van der Waals surface area contributed by atoms with E-state index in [-0.39, 0.29) is 0 Å². The first-order valence-electron chi connectivity index (χ1n) is 5.36. The van der Waals surface area contributed by atoms with Crippen molar-refractivity contribution < 1.29 is 4.57 Å². The quantitative estimate of drug-likeness (QED) is 0.597. The van der Waals surface area contributed by atoms with Gasteiger partial charge in [-0.2, -0.15) is 0 Å². The number of para-hydroxylation sites is 1. The van der Waals surface area contributed by atoms with Gasteiger partial charge < -0.3 is 0 Å². The third-order valence-electron chi connectivity index (χ3n) is 2.97. The molecule has 3 aromatic rings. The van der Waals surface area contributed by atoms with E-state index in [0.717, 1.165) is 5.82 Å². The summed E-state index contributed by atoms with van der Waals surface area (Å²) in [6.45, 7) is 2.15. The zero-order valence-electron chi connectivity index (χ0n) is 9.44. The molecule has 0 bridgehead atoms. The summed E-state index contributed by atoms with van der Waals surface area (Å²) >= 11 is 0. The van der Waals surface area contributed by atoms with Crippen molar-refractivity contribution in [1.82, 2.24) is 9.55 Å². The highest BCUT2D eigenvalue weighted by atomic mass is 15.1. The van der Waals surface area contributed by atoms with E-state index < -0.39 is 0 Å². The number of hydrogen-bond donors (Lipinski definition) is 1. The van der Waals surface area contributed by atoms with Gasteiger partial charge in [-0.3, -0.25) is 9.55 Å². The number of hydrogen-bond acceptors (Lipinski definition) is 0. The van der Waals surface area contributed by atoms with E-state index >= 15 is 0 Å². The molecule has 1 N–H and O–H groups in total. The first-order chi connectivity index (χ1) is 7.75. The van der Waals surface area contributed by atoms with Crippen molar-refractivity contribution in [2.75, 3.05) is 0 Å². The van der Waals surface area contributed by atoms with E-state index in [4.69, 9.17) is 0 Å². The number of fused-ring (bicyclic) bond motifs is 1. The van der Waals surface area contributed by atoms with Gasteiger partial charge in [0.15, 0.2) is 6.33 Å². The molecule has 1 aromatic carbocycles. The number of H-pyrrole nitrogens is 1. The average Bonchev–Trinajstić information content (AvgIpc) is 2.84. The van der Waals surface area contributed by atoms with Gasteiger partial charge in [-0.1, -0.05) is 18.2 Å². The lowest BCUT2D eigenvalue weighted by Crippen LogP contribution is -2.28. The largest absolute Gasteiger partial charge is 0.272 e. The van der Waals surface area contributed by atoms with Crippen LogP contribution < -0.4 is 4.57 Å². The molecule has 0 aliphatic carbocycles. The monoisotopic (exact) mass is 212 g/mol. The highest BCUT2D eigenvalue weighted by Crippen LogP contribution is 2.20. The van der Waals surface area contributed by atoms with Crippen LogP contribution in [-0.2, 0) is 7.05 Å². The molecular formula is C13H14N3+. The number of nitrogens with one attached hydrogen (secondary N) is 1. The third kappa shape index (κ3) is 1.25. The normalized spacial score (nSPS) is 11.1. The van der Waals surface area contributed by atoms with E-state index in [9.17, 15) is 0 Å². The van der Waals surface area contributed by atoms with Gasteiger partial charge in [-0.15, -0.1) is 0 Å². The summed E-state index contributed by atoms with van der Waals surface area (Å²) in [5, 5.41) is 1.29. The molecular weight excluding hydrogens is 198 g/mol. The van der Waals surface area contributed by atoms with Crippen molar-refractivity contribution >= 4 is 10.9 Å². The number of aryl methyl sites for hydroxylation is 2. The second-order valence-corrected chi connectivity index (χ2v) is 4.13. The molecule has 0 unspecified atom stereocenters. The molecule has 0 fully saturated rings. The van der Waals surface area contributed by atoms with Crippen molar-refractivity contribution in [1.29, 1.82) is 0 Å². The van der Waals surface area contributed by atoms with Gasteiger partial charge >= 0.3 is 0 Å². The summed E-state index contributed by atoms with van der Waals surface area (Å²) < 4.78 is 4.14. The van der Waals surface area contributed by atoms with Crippen LogP contribution in [0.4, 0.5) is 0 Å². The second kappa shape index (κ2) is 3.23. The average molecular weight is 212 g/mol. The molecule has 0 saturated heterocycles. The number of benzene rings is 1. The Labute approximate surface area is 94.0 Å². The first-order valence-corrected chi connectivity index (χ1v) is 5.36. The minimum absolute atomic E-state index is 1.14. The Bertz CT molecular complexity index is 646. The van der Waals surface area contributed by atoms with Gasteiger partial charge in [0.25, 0.3) is 0 Å². The lowest BCUT2D eigenvalue weighted by atomic mass is 10.2. The lowest BCUT2D eigenvalue weighted by molar-refractivity contribution is -0.599. The number of aromatic amines is 1. The topological polar surface area (TPSA) is 24.6 Å². The molecule has 80 valence electrons. The van der Waals surface area contributed by atoms with Crippen LogP contribution in [0.15, 0.2) is 43.0 Å². The summed E-state index contributed by atoms with van der Waals surface area (Å²) in [5.41, 5.74) is 2.47. The standard InChI is InChI=1S/C13H14N3/c1-10-11-5-3-4-6-12(11)14-13(10)16-8-7-15(2)9-16/h3-9,14H,1-2H3/q+1. The number of rotatable bonds is 1. The molecule has 2 aromatic heterocycles. The van der Waals surface area contributed by atoms with E-state index in [1.807, 2.05) is 17.8 Å². The van der Waals surface area contributed by atoms with Crippen LogP contribution in [0.3, 0.4) is 0 Å². The van der Waals surface area contributed by atoms with Gasteiger partial charge in [-0.05, 0) is 13.0 Å². The van der Waals surface area contributed by atoms with Gasteiger partial charge in [0.05, 0.1) is 13.2 Å². The molecule has 0 saturated carbocycles. The summed E-state index contributed by atoms with van der Waals surface area (Å²) in [7, 11) is 2.02. The SMILES string of the molecule is Cc1c(-[n+]2ccn(C)c2)[nH]c2ccccc12. The van der Waals surface area contributed by atoms with Crippen molar-refractivity contribution in [2.45, 2.75) is 6.92 Å². The Hall–Kier alpha value is -2.03. The molecule has 3 nitrogen and oxygen atoms in total. The highest BCUT2D eigenvalue weighted by molar-refractivity contribution is 5.85. The Morgan fingerprint density at radius 1 is 1.25 bits per heavy atom. The first kappa shape index (κ1) is 9.21. The molecule has 0 amide bonds. The molecule has 0 atom stereocenters.